The Hall–Kier alpha value is -8.47. The molecule has 0 unspecified atom stereocenters. The van der Waals surface area contributed by atoms with Gasteiger partial charge in [0.15, 0.2) is 0 Å². The van der Waals surface area contributed by atoms with Crippen LogP contribution < -0.4 is 20.9 Å². The number of rotatable bonds is 12. The number of anilines is 3. The van der Waals surface area contributed by atoms with E-state index < -0.39 is 11.2 Å². The molecule has 0 spiro atoms. The zero-order valence-electron chi connectivity index (χ0n) is 50.0. The number of piperidine rings is 2. The van der Waals surface area contributed by atoms with Gasteiger partial charge < -0.3 is 30.3 Å². The number of carbonyl (C=O) groups is 4. The van der Waals surface area contributed by atoms with Crippen molar-refractivity contribution in [3.05, 3.63) is 198 Å². The Morgan fingerprint density at radius 3 is 1.36 bits per heavy atom. The van der Waals surface area contributed by atoms with Gasteiger partial charge in [-0.3, -0.25) is 19.4 Å². The third-order valence-electron chi connectivity index (χ3n) is 14.7. The molecule has 4 amide bonds. The summed E-state index contributed by atoms with van der Waals surface area (Å²) in [5.41, 5.74) is 8.05. The van der Waals surface area contributed by atoms with Gasteiger partial charge in [0.2, 0.25) is 11.2 Å². The summed E-state index contributed by atoms with van der Waals surface area (Å²) >= 11 is 6.05. The number of benzene rings is 6. The van der Waals surface area contributed by atoms with E-state index in [4.69, 9.17) is 31.8 Å². The van der Waals surface area contributed by atoms with Crippen molar-refractivity contribution in [1.29, 1.82) is 0 Å². The minimum absolute atomic E-state index is 0. The maximum absolute atomic E-state index is 14.1. The smallest absolute Gasteiger partial charge is 0.410 e. The van der Waals surface area contributed by atoms with Crippen LogP contribution in [0.25, 0.3) is 21.5 Å². The minimum Gasteiger partial charge on any atom is -0.444 e. The lowest BCUT2D eigenvalue weighted by atomic mass is 9.96. The highest BCUT2D eigenvalue weighted by Gasteiger charge is 2.32. The average molecular weight is 1180 g/mol. The van der Waals surface area contributed by atoms with Gasteiger partial charge in [0.1, 0.15) is 22.8 Å². The number of fused-ring (bicyclic) bond motifs is 2. The van der Waals surface area contributed by atoms with Crippen LogP contribution >= 0.6 is 11.6 Å². The third kappa shape index (κ3) is 18.8. The summed E-state index contributed by atoms with van der Waals surface area (Å²) in [6.45, 7) is 18.5. The number of likely N-dealkylation sites (tertiary alicyclic amines) is 2. The minimum atomic E-state index is -0.534. The Labute approximate surface area is 512 Å². The molecule has 0 aliphatic carbocycles. The number of ether oxygens (including phenoxy) is 2. The molecular formula is C69H83ClN10O6. The summed E-state index contributed by atoms with van der Waals surface area (Å²) in [6.07, 6.45) is 5.72. The Morgan fingerprint density at radius 2 is 0.953 bits per heavy atom. The summed E-state index contributed by atoms with van der Waals surface area (Å²) in [6, 6.07) is 51.2. The fraction of sp³-hybridized carbons (Fsp3) is 0.362. The van der Waals surface area contributed by atoms with Crippen molar-refractivity contribution in [2.75, 3.05) is 54.4 Å². The van der Waals surface area contributed by atoms with E-state index >= 15 is 0 Å². The van der Waals surface area contributed by atoms with Gasteiger partial charge in [0, 0.05) is 68.8 Å². The van der Waals surface area contributed by atoms with Crippen molar-refractivity contribution in [3.8, 4) is 0 Å². The molecule has 3 N–H and O–H groups in total. The van der Waals surface area contributed by atoms with Gasteiger partial charge in [-0.25, -0.2) is 24.5 Å². The average Bonchev–Trinajstić information content (AvgIpc) is 3.27. The SMILES string of the molecule is C.CC(C)(C)OC(=O)N1CCC(CN(C(=O)c2ccc3ccccc3c2)c2ccnc(Cl)n2)CC1.C[C@H](N)c1ccccc1.C[C@H](Nc1nccc(N(CC2CCN(C(=O)OC(C)(C)C)CC2)C(=O)c2ccc3ccccc3c2)n1)c1ccccc1. The zero-order valence-corrected chi connectivity index (χ0v) is 50.8. The fourth-order valence-electron chi connectivity index (χ4n) is 10.1. The predicted octanol–water partition coefficient (Wildman–Crippen LogP) is 15.0. The summed E-state index contributed by atoms with van der Waals surface area (Å²) in [4.78, 5) is 77.2. The van der Waals surface area contributed by atoms with Gasteiger partial charge >= 0.3 is 12.2 Å². The molecule has 17 heteroatoms. The number of aromatic nitrogens is 4. The van der Waals surface area contributed by atoms with Crippen LogP contribution in [0.2, 0.25) is 5.28 Å². The van der Waals surface area contributed by atoms with Crippen LogP contribution in [-0.2, 0) is 9.47 Å². The molecule has 452 valence electrons. The fourth-order valence-corrected chi connectivity index (χ4v) is 10.2. The van der Waals surface area contributed by atoms with E-state index in [0.29, 0.717) is 68.0 Å². The van der Waals surface area contributed by atoms with Gasteiger partial charge in [-0.1, -0.05) is 129 Å². The van der Waals surface area contributed by atoms with Crippen LogP contribution in [0.5, 0.6) is 0 Å². The molecule has 2 fully saturated rings. The number of nitrogens with two attached hydrogens (primary N) is 1. The highest BCUT2D eigenvalue weighted by molar-refractivity contribution is 6.28. The van der Waals surface area contributed by atoms with E-state index in [1.165, 1.54) is 5.56 Å². The van der Waals surface area contributed by atoms with Gasteiger partial charge in [-0.15, -0.1) is 0 Å². The number of halogens is 1. The van der Waals surface area contributed by atoms with Crippen molar-refractivity contribution < 1.29 is 28.7 Å². The molecule has 0 saturated carbocycles. The Kier molecular flexibility index (Phi) is 22.7. The van der Waals surface area contributed by atoms with Crippen LogP contribution in [0.3, 0.4) is 0 Å². The number of carbonyl (C=O) groups excluding carboxylic acids is 4. The molecule has 10 rings (SSSR count). The molecule has 2 aliphatic heterocycles. The molecule has 86 heavy (non-hydrogen) atoms. The van der Waals surface area contributed by atoms with Crippen LogP contribution in [0.1, 0.15) is 132 Å². The van der Waals surface area contributed by atoms with Gasteiger partial charge in [0.25, 0.3) is 11.8 Å². The lowest BCUT2D eigenvalue weighted by Gasteiger charge is -2.35. The van der Waals surface area contributed by atoms with Crippen molar-refractivity contribution in [2.24, 2.45) is 17.6 Å². The quantitative estimate of drug-likeness (QED) is 0.110. The van der Waals surface area contributed by atoms with E-state index in [1.54, 1.807) is 44.1 Å². The molecule has 2 aliphatic rings. The standard InChI is InChI=1S/C34H39N5O3.C26H29ClN4O3.C8H11N.CH4/c1-24(26-10-6-5-7-11-26)36-32-35-19-16-30(37-32)39(31(40)29-15-14-27-12-8-9-13-28(27)22-29)23-25-17-20-38(21-18-25)33(41)42-34(2,3)4;1-26(2,3)34-25(33)30-14-11-18(12-15-30)17-31(22-10-13-28-24(27)29-22)23(32)21-9-8-19-6-4-5-7-20(19)16-21;1-7(9)8-5-3-2-4-6-8;/h5-16,19,22,24-25H,17-18,20-21,23H2,1-4H3,(H,35,36,37);4-10,13,16,18H,11-12,14-15,17H2,1-3H3;2-7H,9H2,1H3;1H4/t24-;;7-;/m0.0./s1. The summed E-state index contributed by atoms with van der Waals surface area (Å²) < 4.78 is 11.1. The van der Waals surface area contributed by atoms with Crippen LogP contribution in [0.4, 0.5) is 27.2 Å². The van der Waals surface area contributed by atoms with E-state index in [-0.39, 0.29) is 60.6 Å². The molecule has 2 atom stereocenters. The second kappa shape index (κ2) is 30.1. The molecule has 16 nitrogen and oxygen atoms in total. The largest absolute Gasteiger partial charge is 0.444 e. The predicted molar refractivity (Wildman–Crippen MR) is 346 cm³/mol. The molecule has 2 saturated heterocycles. The highest BCUT2D eigenvalue weighted by Crippen LogP contribution is 2.29. The first-order valence-electron chi connectivity index (χ1n) is 29.2. The van der Waals surface area contributed by atoms with Gasteiger partial charge in [-0.05, 0) is 174 Å². The number of hydrogen-bond acceptors (Lipinski definition) is 12. The monoisotopic (exact) mass is 1180 g/mol. The van der Waals surface area contributed by atoms with Crippen LogP contribution in [-0.4, -0.2) is 104 Å². The second-order valence-electron chi connectivity index (χ2n) is 23.7. The highest BCUT2D eigenvalue weighted by atomic mass is 35.5. The van der Waals surface area contributed by atoms with Crippen LogP contribution in [0.15, 0.2) is 170 Å². The molecule has 6 aromatic carbocycles. The first-order valence-corrected chi connectivity index (χ1v) is 29.5. The summed E-state index contributed by atoms with van der Waals surface area (Å²) in [5.74, 6) is 1.61. The third-order valence-corrected chi connectivity index (χ3v) is 14.9. The maximum atomic E-state index is 14.1. The lowest BCUT2D eigenvalue weighted by molar-refractivity contribution is 0.0176. The van der Waals surface area contributed by atoms with E-state index in [2.05, 4.69) is 39.3 Å². The topological polar surface area (TPSA) is 189 Å². The van der Waals surface area contributed by atoms with Gasteiger partial charge in [0.05, 0.1) is 6.04 Å². The summed E-state index contributed by atoms with van der Waals surface area (Å²) in [5, 5.41) is 7.64. The van der Waals surface area contributed by atoms with Crippen molar-refractivity contribution in [2.45, 2.75) is 112 Å². The summed E-state index contributed by atoms with van der Waals surface area (Å²) in [7, 11) is 0. The van der Waals surface area contributed by atoms with E-state index in [0.717, 1.165) is 52.8 Å². The first-order chi connectivity index (χ1) is 40.7. The number of hydrogen-bond donors (Lipinski definition) is 2. The van der Waals surface area contributed by atoms with E-state index in [1.807, 2.05) is 182 Å². The van der Waals surface area contributed by atoms with Crippen molar-refractivity contribution in [1.82, 2.24) is 29.7 Å². The van der Waals surface area contributed by atoms with Crippen molar-refractivity contribution >= 4 is 74.7 Å². The Balaban J connectivity index is 0.000000215. The molecule has 0 radical (unpaired) electrons. The number of nitrogens with zero attached hydrogens (tertiary/aromatic N) is 8. The van der Waals surface area contributed by atoms with Crippen molar-refractivity contribution in [3.63, 3.8) is 0 Å². The number of amides is 4. The number of nitrogens with one attached hydrogen (secondary N) is 1. The Morgan fingerprint density at radius 1 is 0.558 bits per heavy atom. The normalized spacial score (nSPS) is 14.4. The maximum Gasteiger partial charge on any atom is 0.410 e. The van der Waals surface area contributed by atoms with E-state index in [9.17, 15) is 19.2 Å². The molecule has 4 heterocycles. The van der Waals surface area contributed by atoms with Crippen LogP contribution in [0, 0.1) is 11.8 Å². The Bertz CT molecular complexity index is 3510. The first kappa shape index (κ1) is 65.1. The molecule has 0 bridgehead atoms. The lowest BCUT2D eigenvalue weighted by Crippen LogP contribution is -2.45. The molecular weight excluding hydrogens is 1100 g/mol. The molecule has 8 aromatic rings. The second-order valence-corrected chi connectivity index (χ2v) is 24.0. The zero-order chi connectivity index (χ0) is 60.7. The van der Waals surface area contributed by atoms with Gasteiger partial charge in [-0.2, -0.15) is 4.98 Å². The molecule has 2 aromatic heterocycles.